The smallest absolute Gasteiger partial charge is 0.415 e. The Balaban J connectivity index is 3.02. The van der Waals surface area contributed by atoms with Crippen LogP contribution in [0.15, 0.2) is 18.3 Å². The average Bonchev–Trinajstić information content (AvgIpc) is 2.37. The standard InChI is InChI=1S/C14H23N3O3/c1-10(9-18)17(13(19)20-14(2,3)4)12-6-5-11(7-15)16-8-12/h5-6,8,10,18H,7,9,15H2,1-4H3/t10-/m1/s1. The lowest BCUT2D eigenvalue weighted by Gasteiger charge is -2.30. The molecule has 0 bridgehead atoms. The summed E-state index contributed by atoms with van der Waals surface area (Å²) in [5.41, 5.74) is 6.19. The molecule has 0 aliphatic carbocycles. The third-order valence-corrected chi connectivity index (χ3v) is 2.59. The Morgan fingerprint density at radius 1 is 1.50 bits per heavy atom. The van der Waals surface area contributed by atoms with Gasteiger partial charge >= 0.3 is 6.09 Å². The maximum Gasteiger partial charge on any atom is 0.415 e. The number of rotatable bonds is 4. The summed E-state index contributed by atoms with van der Waals surface area (Å²) in [5.74, 6) is 0. The monoisotopic (exact) mass is 281 g/mol. The van der Waals surface area contributed by atoms with Crippen LogP contribution < -0.4 is 10.6 Å². The number of carbonyl (C=O) groups excluding carboxylic acids is 1. The van der Waals surface area contributed by atoms with E-state index < -0.39 is 17.7 Å². The van der Waals surface area contributed by atoms with Crippen molar-refractivity contribution in [3.8, 4) is 0 Å². The van der Waals surface area contributed by atoms with Gasteiger partial charge in [-0.15, -0.1) is 0 Å². The highest BCUT2D eigenvalue weighted by atomic mass is 16.6. The van der Waals surface area contributed by atoms with Gasteiger partial charge in [-0.05, 0) is 39.8 Å². The van der Waals surface area contributed by atoms with Crippen molar-refractivity contribution in [3.63, 3.8) is 0 Å². The SMILES string of the molecule is C[C@H](CO)N(C(=O)OC(C)(C)C)c1ccc(CN)nc1. The number of hydrogen-bond acceptors (Lipinski definition) is 5. The molecule has 1 aromatic heterocycles. The van der Waals surface area contributed by atoms with E-state index in [1.807, 2.05) is 0 Å². The summed E-state index contributed by atoms with van der Waals surface area (Å²) in [6.45, 7) is 7.29. The molecule has 1 amide bonds. The van der Waals surface area contributed by atoms with Crippen LogP contribution in [0, 0.1) is 0 Å². The number of aliphatic hydroxyl groups excluding tert-OH is 1. The van der Waals surface area contributed by atoms with Gasteiger partial charge in [-0.1, -0.05) is 0 Å². The maximum absolute atomic E-state index is 12.3. The van der Waals surface area contributed by atoms with Crippen LogP contribution in [0.4, 0.5) is 10.5 Å². The van der Waals surface area contributed by atoms with Crippen molar-refractivity contribution in [2.75, 3.05) is 11.5 Å². The van der Waals surface area contributed by atoms with Gasteiger partial charge in [0.2, 0.25) is 0 Å². The molecule has 0 saturated carbocycles. The predicted octanol–water partition coefficient (Wildman–Crippen LogP) is 1.66. The summed E-state index contributed by atoms with van der Waals surface area (Å²) in [5, 5.41) is 9.32. The summed E-state index contributed by atoms with van der Waals surface area (Å²) in [6.07, 6.45) is 1.04. The van der Waals surface area contributed by atoms with E-state index in [1.54, 1.807) is 46.0 Å². The largest absolute Gasteiger partial charge is 0.443 e. The van der Waals surface area contributed by atoms with Crippen LogP contribution in [-0.2, 0) is 11.3 Å². The molecule has 1 aromatic rings. The molecule has 0 saturated heterocycles. The zero-order valence-corrected chi connectivity index (χ0v) is 12.5. The molecule has 1 heterocycles. The minimum atomic E-state index is -0.602. The first-order valence-electron chi connectivity index (χ1n) is 6.56. The van der Waals surface area contributed by atoms with Crippen molar-refractivity contribution in [2.45, 2.75) is 45.9 Å². The maximum atomic E-state index is 12.3. The molecule has 0 unspecified atom stereocenters. The second kappa shape index (κ2) is 6.67. The van der Waals surface area contributed by atoms with Gasteiger partial charge in [0.1, 0.15) is 5.60 Å². The molecule has 1 rings (SSSR count). The van der Waals surface area contributed by atoms with Gasteiger partial charge in [0, 0.05) is 6.54 Å². The molecule has 3 N–H and O–H groups in total. The molecule has 0 fully saturated rings. The number of aromatic nitrogens is 1. The Bertz CT molecular complexity index is 440. The van der Waals surface area contributed by atoms with Gasteiger partial charge in [-0.25, -0.2) is 4.79 Å². The number of anilines is 1. The second-order valence-electron chi connectivity index (χ2n) is 5.59. The zero-order valence-electron chi connectivity index (χ0n) is 12.5. The van der Waals surface area contributed by atoms with Crippen molar-refractivity contribution in [2.24, 2.45) is 5.73 Å². The number of carbonyl (C=O) groups is 1. The van der Waals surface area contributed by atoms with E-state index >= 15 is 0 Å². The van der Waals surface area contributed by atoms with Crippen molar-refractivity contribution < 1.29 is 14.6 Å². The van der Waals surface area contributed by atoms with E-state index in [9.17, 15) is 9.90 Å². The van der Waals surface area contributed by atoms with Crippen molar-refractivity contribution in [3.05, 3.63) is 24.0 Å². The molecule has 20 heavy (non-hydrogen) atoms. The highest BCUT2D eigenvalue weighted by molar-refractivity contribution is 5.88. The molecule has 0 aliphatic heterocycles. The van der Waals surface area contributed by atoms with Crippen molar-refractivity contribution >= 4 is 11.8 Å². The van der Waals surface area contributed by atoms with Gasteiger partial charge in [-0.2, -0.15) is 0 Å². The lowest BCUT2D eigenvalue weighted by Crippen LogP contribution is -2.44. The molecule has 0 spiro atoms. The van der Waals surface area contributed by atoms with Gasteiger partial charge in [-0.3, -0.25) is 9.88 Å². The van der Waals surface area contributed by atoms with E-state index in [2.05, 4.69) is 4.98 Å². The molecule has 0 aromatic carbocycles. The molecule has 0 aliphatic rings. The van der Waals surface area contributed by atoms with Gasteiger partial charge < -0.3 is 15.6 Å². The first kappa shape index (κ1) is 16.4. The molecule has 1 atom stereocenters. The second-order valence-corrected chi connectivity index (χ2v) is 5.59. The molecule has 0 radical (unpaired) electrons. The Morgan fingerprint density at radius 3 is 2.55 bits per heavy atom. The van der Waals surface area contributed by atoms with E-state index in [0.717, 1.165) is 5.69 Å². The number of pyridine rings is 1. The lowest BCUT2D eigenvalue weighted by atomic mass is 10.2. The quantitative estimate of drug-likeness (QED) is 0.876. The van der Waals surface area contributed by atoms with Crippen LogP contribution in [0.3, 0.4) is 0 Å². The fourth-order valence-corrected chi connectivity index (χ4v) is 1.61. The van der Waals surface area contributed by atoms with E-state index in [1.165, 1.54) is 4.90 Å². The molecule has 6 heteroatoms. The topological polar surface area (TPSA) is 88.7 Å². The van der Waals surface area contributed by atoms with Gasteiger partial charge in [0.05, 0.1) is 30.2 Å². The Kier molecular flexibility index (Phi) is 5.47. The van der Waals surface area contributed by atoms with Crippen LogP contribution in [-0.4, -0.2) is 34.4 Å². The zero-order chi connectivity index (χ0) is 15.3. The minimum absolute atomic E-state index is 0.169. The van der Waals surface area contributed by atoms with Crippen LogP contribution in [0.25, 0.3) is 0 Å². The first-order chi connectivity index (χ1) is 9.28. The molecule has 112 valence electrons. The molecular formula is C14H23N3O3. The molecular weight excluding hydrogens is 258 g/mol. The number of ether oxygens (including phenoxy) is 1. The summed E-state index contributed by atoms with van der Waals surface area (Å²) < 4.78 is 5.36. The Morgan fingerprint density at radius 2 is 2.15 bits per heavy atom. The summed E-state index contributed by atoms with van der Waals surface area (Å²) >= 11 is 0. The third kappa shape index (κ3) is 4.47. The summed E-state index contributed by atoms with van der Waals surface area (Å²) in [6, 6.07) is 3.08. The fraction of sp³-hybridized carbons (Fsp3) is 0.571. The fourth-order valence-electron chi connectivity index (χ4n) is 1.61. The van der Waals surface area contributed by atoms with Crippen LogP contribution in [0.5, 0.6) is 0 Å². The number of nitrogens with zero attached hydrogens (tertiary/aromatic N) is 2. The highest BCUT2D eigenvalue weighted by Crippen LogP contribution is 2.20. The average molecular weight is 281 g/mol. The number of nitrogens with two attached hydrogens (primary N) is 1. The van der Waals surface area contributed by atoms with Crippen LogP contribution in [0.2, 0.25) is 0 Å². The van der Waals surface area contributed by atoms with Gasteiger partial charge in [0.25, 0.3) is 0 Å². The van der Waals surface area contributed by atoms with Crippen molar-refractivity contribution in [1.29, 1.82) is 0 Å². The van der Waals surface area contributed by atoms with Gasteiger partial charge in [0.15, 0.2) is 0 Å². The molecule has 6 nitrogen and oxygen atoms in total. The first-order valence-corrected chi connectivity index (χ1v) is 6.56. The normalized spacial score (nSPS) is 12.9. The van der Waals surface area contributed by atoms with E-state index in [-0.39, 0.29) is 6.61 Å². The number of aliphatic hydroxyl groups is 1. The number of hydrogen-bond donors (Lipinski definition) is 2. The van der Waals surface area contributed by atoms with Crippen molar-refractivity contribution in [1.82, 2.24) is 4.98 Å². The van der Waals surface area contributed by atoms with Crippen LogP contribution in [0.1, 0.15) is 33.4 Å². The lowest BCUT2D eigenvalue weighted by molar-refractivity contribution is 0.0555. The summed E-state index contributed by atoms with van der Waals surface area (Å²) in [7, 11) is 0. The van der Waals surface area contributed by atoms with E-state index in [4.69, 9.17) is 10.5 Å². The van der Waals surface area contributed by atoms with Crippen LogP contribution >= 0.6 is 0 Å². The highest BCUT2D eigenvalue weighted by Gasteiger charge is 2.27. The minimum Gasteiger partial charge on any atom is -0.443 e. The summed E-state index contributed by atoms with van der Waals surface area (Å²) in [4.78, 5) is 17.8. The Hall–Kier alpha value is -1.66. The Labute approximate surface area is 119 Å². The number of amides is 1. The van der Waals surface area contributed by atoms with E-state index in [0.29, 0.717) is 12.2 Å². The third-order valence-electron chi connectivity index (χ3n) is 2.59. The predicted molar refractivity (Wildman–Crippen MR) is 77.4 cm³/mol.